The third-order valence-corrected chi connectivity index (χ3v) is 9.96. The number of carbonyl (C=O) groups excluding carboxylic acids is 1. The molecule has 0 unspecified atom stereocenters. The number of anilines is 1. The van der Waals surface area contributed by atoms with E-state index in [1.807, 2.05) is 20.8 Å². The van der Waals surface area contributed by atoms with E-state index < -0.39 is 26.3 Å². The molecule has 2 heterocycles. The molecule has 1 aliphatic carbocycles. The number of likely N-dealkylation sites (tertiary alicyclic amines) is 1. The maximum absolute atomic E-state index is 15.1. The van der Waals surface area contributed by atoms with E-state index in [0.717, 1.165) is 44.6 Å². The van der Waals surface area contributed by atoms with Crippen LogP contribution in [0.4, 0.5) is 14.9 Å². The lowest BCUT2D eigenvalue weighted by Gasteiger charge is -2.45. The Morgan fingerprint density at radius 2 is 1.76 bits per heavy atom. The van der Waals surface area contributed by atoms with Crippen LogP contribution in [0.3, 0.4) is 0 Å². The minimum atomic E-state index is -4.25. The van der Waals surface area contributed by atoms with Gasteiger partial charge in [0.15, 0.2) is 0 Å². The van der Waals surface area contributed by atoms with Crippen molar-refractivity contribution in [2.75, 3.05) is 17.8 Å². The van der Waals surface area contributed by atoms with Gasteiger partial charge < -0.3 is 19.4 Å². The van der Waals surface area contributed by atoms with Crippen molar-refractivity contribution >= 4 is 55.9 Å². The number of hydrogen-bond acceptors (Lipinski definition) is 5. The number of ether oxygens (including phenoxy) is 2. The van der Waals surface area contributed by atoms with Crippen LogP contribution in [-0.4, -0.2) is 49.2 Å². The van der Waals surface area contributed by atoms with Crippen LogP contribution in [0.5, 0.6) is 5.75 Å². The van der Waals surface area contributed by atoms with Crippen molar-refractivity contribution in [3.05, 3.63) is 52.4 Å². The SMILES string of the molecule is CC(C)(C)OC(=O)N1CCC2(CCC(Oc3ccc(S(=O)(=O)Nc4ccc(Cl)c5c(Cl)c[nH]c45)c(F)c3)CC2)CC1. The third-order valence-electron chi connectivity index (χ3n) is 7.95. The first kappa shape index (κ1) is 29.8. The highest BCUT2D eigenvalue weighted by molar-refractivity contribution is 7.92. The number of aromatic nitrogens is 1. The van der Waals surface area contributed by atoms with Crippen LogP contribution in [0.2, 0.25) is 10.0 Å². The van der Waals surface area contributed by atoms with Gasteiger partial charge in [0.2, 0.25) is 0 Å². The van der Waals surface area contributed by atoms with Gasteiger partial charge >= 0.3 is 6.09 Å². The average Bonchev–Trinajstić information content (AvgIpc) is 3.29. The van der Waals surface area contributed by atoms with Crippen LogP contribution >= 0.6 is 23.2 Å². The third kappa shape index (κ3) is 6.54. The number of halogens is 3. The summed E-state index contributed by atoms with van der Waals surface area (Å²) in [5.74, 6) is -0.626. The zero-order valence-corrected chi connectivity index (χ0v) is 25.6. The average molecular weight is 627 g/mol. The predicted molar refractivity (Wildman–Crippen MR) is 158 cm³/mol. The molecule has 2 aromatic carbocycles. The van der Waals surface area contributed by atoms with Crippen molar-refractivity contribution in [1.82, 2.24) is 9.88 Å². The maximum Gasteiger partial charge on any atom is 0.410 e. The molecule has 2 N–H and O–H groups in total. The summed E-state index contributed by atoms with van der Waals surface area (Å²) in [6.07, 6.45) is 6.51. The van der Waals surface area contributed by atoms with Gasteiger partial charge in [0.05, 0.1) is 27.4 Å². The standard InChI is InChI=1S/C29H34Cl2FN3O5S/c1-28(2,3)40-27(36)35-14-12-29(13-15-35)10-8-18(9-11-29)39-19-4-7-24(22(32)16-19)41(37,38)34-23-6-5-20(30)25-21(31)17-33-26(23)25/h4-7,16-18,33-34H,8-15H2,1-3H3. The van der Waals surface area contributed by atoms with Crippen LogP contribution in [0.15, 0.2) is 41.4 Å². The van der Waals surface area contributed by atoms with Crippen LogP contribution in [0, 0.1) is 11.2 Å². The molecule has 41 heavy (non-hydrogen) atoms. The number of piperidine rings is 1. The first-order valence-electron chi connectivity index (χ1n) is 13.7. The number of nitrogens with zero attached hydrogens (tertiary/aromatic N) is 1. The number of fused-ring (bicyclic) bond motifs is 1. The molecule has 1 amide bonds. The molecule has 12 heteroatoms. The van der Waals surface area contributed by atoms with E-state index >= 15 is 4.39 Å². The molecule has 2 aliphatic rings. The summed E-state index contributed by atoms with van der Waals surface area (Å²) in [4.78, 5) is 16.6. The predicted octanol–water partition coefficient (Wildman–Crippen LogP) is 7.75. The van der Waals surface area contributed by atoms with Gasteiger partial charge in [0.1, 0.15) is 22.1 Å². The van der Waals surface area contributed by atoms with E-state index in [2.05, 4.69) is 9.71 Å². The molecule has 1 saturated carbocycles. The monoisotopic (exact) mass is 625 g/mol. The fourth-order valence-corrected chi connectivity index (χ4v) is 7.42. The number of benzene rings is 2. The molecule has 0 bridgehead atoms. The Morgan fingerprint density at radius 1 is 1.07 bits per heavy atom. The number of carbonyl (C=O) groups is 1. The quantitative estimate of drug-likeness (QED) is 0.302. The van der Waals surface area contributed by atoms with Gasteiger partial charge in [-0.2, -0.15) is 0 Å². The summed E-state index contributed by atoms with van der Waals surface area (Å²) < 4.78 is 55.2. The normalized spacial score (nSPS) is 18.0. The topological polar surface area (TPSA) is 101 Å². The zero-order chi connectivity index (χ0) is 29.6. The number of H-pyrrole nitrogens is 1. The molecule has 3 aromatic rings. The Hall–Kier alpha value is -2.69. The van der Waals surface area contributed by atoms with Crippen molar-refractivity contribution in [1.29, 1.82) is 0 Å². The first-order chi connectivity index (χ1) is 19.3. The number of sulfonamides is 1. The van der Waals surface area contributed by atoms with E-state index in [-0.39, 0.29) is 29.0 Å². The summed E-state index contributed by atoms with van der Waals surface area (Å²) >= 11 is 12.3. The van der Waals surface area contributed by atoms with Crippen LogP contribution in [0.1, 0.15) is 59.3 Å². The fraction of sp³-hybridized carbons (Fsp3) is 0.483. The smallest absolute Gasteiger partial charge is 0.410 e. The number of aromatic amines is 1. The molecule has 0 radical (unpaired) electrons. The molecule has 1 saturated heterocycles. The molecule has 0 atom stereocenters. The van der Waals surface area contributed by atoms with Crippen molar-refractivity contribution in [2.24, 2.45) is 5.41 Å². The molecule has 2 fully saturated rings. The first-order valence-corrected chi connectivity index (χ1v) is 15.9. The maximum atomic E-state index is 15.1. The second-order valence-corrected chi connectivity index (χ2v) is 14.4. The Kier molecular flexibility index (Phi) is 8.13. The molecule has 1 aliphatic heterocycles. The molecule has 5 rings (SSSR count). The summed E-state index contributed by atoms with van der Waals surface area (Å²) in [5, 5.41) is 1.18. The second kappa shape index (κ2) is 11.2. The highest BCUT2D eigenvalue weighted by Crippen LogP contribution is 2.45. The number of amides is 1. The van der Waals surface area contributed by atoms with Gasteiger partial charge in [-0.25, -0.2) is 17.6 Å². The van der Waals surface area contributed by atoms with Crippen LogP contribution < -0.4 is 9.46 Å². The van der Waals surface area contributed by atoms with E-state index in [1.54, 1.807) is 4.90 Å². The highest BCUT2D eigenvalue weighted by Gasteiger charge is 2.40. The van der Waals surface area contributed by atoms with E-state index in [1.165, 1.54) is 30.5 Å². The van der Waals surface area contributed by atoms with Crippen molar-refractivity contribution in [3.63, 3.8) is 0 Å². The largest absolute Gasteiger partial charge is 0.490 e. The van der Waals surface area contributed by atoms with E-state index in [9.17, 15) is 13.2 Å². The van der Waals surface area contributed by atoms with Gasteiger partial charge in [0.25, 0.3) is 10.0 Å². The summed E-state index contributed by atoms with van der Waals surface area (Å²) in [7, 11) is -4.25. The highest BCUT2D eigenvalue weighted by atomic mass is 35.5. The van der Waals surface area contributed by atoms with Crippen molar-refractivity contribution in [3.8, 4) is 5.75 Å². The summed E-state index contributed by atoms with van der Waals surface area (Å²) in [5.41, 5.74) is 0.255. The zero-order valence-electron chi connectivity index (χ0n) is 23.2. The van der Waals surface area contributed by atoms with Crippen LogP contribution in [-0.2, 0) is 14.8 Å². The second-order valence-electron chi connectivity index (χ2n) is 12.0. The molecular weight excluding hydrogens is 592 g/mol. The number of rotatable bonds is 5. The summed E-state index contributed by atoms with van der Waals surface area (Å²) in [6.45, 7) is 6.95. The van der Waals surface area contributed by atoms with Gasteiger partial charge in [-0.05, 0) is 89.0 Å². The Labute approximate surface area is 249 Å². The minimum Gasteiger partial charge on any atom is -0.490 e. The van der Waals surface area contributed by atoms with Crippen molar-refractivity contribution < 1.29 is 27.1 Å². The molecule has 222 valence electrons. The fourth-order valence-electron chi connectivity index (χ4n) is 5.73. The minimum absolute atomic E-state index is 0.0931. The summed E-state index contributed by atoms with van der Waals surface area (Å²) in [6, 6.07) is 6.80. The van der Waals surface area contributed by atoms with Gasteiger partial charge in [0, 0.05) is 30.7 Å². The van der Waals surface area contributed by atoms with Crippen molar-refractivity contribution in [2.45, 2.75) is 75.9 Å². The van der Waals surface area contributed by atoms with Crippen LogP contribution in [0.25, 0.3) is 10.9 Å². The van der Waals surface area contributed by atoms with E-state index in [0.29, 0.717) is 34.0 Å². The number of nitrogens with one attached hydrogen (secondary N) is 2. The Morgan fingerprint density at radius 3 is 2.39 bits per heavy atom. The van der Waals surface area contributed by atoms with Gasteiger partial charge in [-0.3, -0.25) is 4.72 Å². The molecule has 1 spiro atoms. The van der Waals surface area contributed by atoms with Gasteiger partial charge in [-0.1, -0.05) is 23.2 Å². The lowest BCUT2D eigenvalue weighted by atomic mass is 9.67. The van der Waals surface area contributed by atoms with E-state index in [4.69, 9.17) is 32.7 Å². The van der Waals surface area contributed by atoms with Gasteiger partial charge in [-0.15, -0.1) is 0 Å². The Balaban J connectivity index is 1.18. The lowest BCUT2D eigenvalue weighted by Crippen LogP contribution is -2.46. The molecular formula is C29H34Cl2FN3O5S. The molecule has 8 nitrogen and oxygen atoms in total. The lowest BCUT2D eigenvalue weighted by molar-refractivity contribution is -0.00469. The molecule has 1 aromatic heterocycles. The Bertz CT molecular complexity index is 1550. The number of hydrogen-bond donors (Lipinski definition) is 2.